The number of benzene rings is 1. The Morgan fingerprint density at radius 3 is 2.72 bits per heavy atom. The number of pyridine rings is 1. The first-order valence-corrected chi connectivity index (χ1v) is 6.37. The van der Waals surface area contributed by atoms with Crippen LogP contribution in [0.1, 0.15) is 22.3 Å². The fourth-order valence-corrected chi connectivity index (χ4v) is 2.98. The summed E-state index contributed by atoms with van der Waals surface area (Å²) in [5.74, 6) is 0. The Kier molecular flexibility index (Phi) is 2.40. The highest BCUT2D eigenvalue weighted by Gasteiger charge is 2.19. The summed E-state index contributed by atoms with van der Waals surface area (Å²) in [6.07, 6.45) is 6.34. The second-order valence-corrected chi connectivity index (χ2v) is 5.15. The number of hydrogen-bond acceptors (Lipinski definition) is 2. The number of rotatable bonds is 0. The molecule has 2 heteroatoms. The molecule has 0 radical (unpaired) electrons. The van der Waals surface area contributed by atoms with Crippen LogP contribution < -0.4 is 4.90 Å². The van der Waals surface area contributed by atoms with Crippen molar-refractivity contribution in [1.29, 1.82) is 0 Å². The summed E-state index contributed by atoms with van der Waals surface area (Å²) in [5, 5.41) is 1.31. The molecule has 0 saturated carbocycles. The van der Waals surface area contributed by atoms with Gasteiger partial charge in [-0.3, -0.25) is 4.98 Å². The molecule has 92 valence electrons. The highest BCUT2D eigenvalue weighted by Crippen LogP contribution is 2.38. The molecule has 0 spiro atoms. The van der Waals surface area contributed by atoms with E-state index in [2.05, 4.69) is 55.9 Å². The highest BCUT2D eigenvalue weighted by atomic mass is 15.1. The van der Waals surface area contributed by atoms with Gasteiger partial charge in [-0.15, -0.1) is 0 Å². The van der Waals surface area contributed by atoms with Crippen LogP contribution in [0.3, 0.4) is 0 Å². The molecule has 3 rings (SSSR count). The summed E-state index contributed by atoms with van der Waals surface area (Å²) >= 11 is 0. The Balaban J connectivity index is 2.54. The standard InChI is InChI=1S/C16H18N2/c1-10-7-8-17-15-13-6-5-9-18(4)16(13)12(3)11(2)14(10)15/h5-8H,9H2,1-4H3. The molecule has 1 aromatic carbocycles. The van der Waals surface area contributed by atoms with E-state index in [9.17, 15) is 0 Å². The summed E-state index contributed by atoms with van der Waals surface area (Å²) in [6, 6.07) is 2.09. The van der Waals surface area contributed by atoms with Crippen LogP contribution >= 0.6 is 0 Å². The Morgan fingerprint density at radius 2 is 1.94 bits per heavy atom. The third-order valence-electron chi connectivity index (χ3n) is 4.01. The molecule has 18 heavy (non-hydrogen) atoms. The van der Waals surface area contributed by atoms with Gasteiger partial charge >= 0.3 is 0 Å². The molecule has 1 aromatic heterocycles. The van der Waals surface area contributed by atoms with E-state index in [1.807, 2.05) is 6.20 Å². The number of aromatic nitrogens is 1. The summed E-state index contributed by atoms with van der Waals surface area (Å²) in [7, 11) is 2.15. The first-order chi connectivity index (χ1) is 8.61. The number of fused-ring (bicyclic) bond motifs is 3. The lowest BCUT2D eigenvalue weighted by atomic mass is 9.92. The minimum absolute atomic E-state index is 0.977. The van der Waals surface area contributed by atoms with Crippen LogP contribution in [0.15, 0.2) is 18.3 Å². The minimum Gasteiger partial charge on any atom is -0.370 e. The normalized spacial score (nSPS) is 14.1. The molecule has 0 bridgehead atoms. The Labute approximate surface area is 108 Å². The van der Waals surface area contributed by atoms with E-state index in [1.165, 1.54) is 33.3 Å². The fraction of sp³-hybridized carbons (Fsp3) is 0.312. The van der Waals surface area contributed by atoms with E-state index >= 15 is 0 Å². The molecule has 0 aliphatic carbocycles. The van der Waals surface area contributed by atoms with Crippen LogP contribution in [0.4, 0.5) is 5.69 Å². The van der Waals surface area contributed by atoms with Crippen molar-refractivity contribution in [2.75, 3.05) is 18.5 Å². The lowest BCUT2D eigenvalue weighted by Crippen LogP contribution is -2.22. The molecule has 1 aliphatic rings. The van der Waals surface area contributed by atoms with Gasteiger partial charge in [0, 0.05) is 36.4 Å². The SMILES string of the molecule is Cc1c2c(c3nccc(C)c3c1C)C=CCN2C. The predicted molar refractivity (Wildman–Crippen MR) is 78.3 cm³/mol. The van der Waals surface area contributed by atoms with Crippen molar-refractivity contribution in [3.05, 3.63) is 40.6 Å². The number of hydrogen-bond donors (Lipinski definition) is 0. The van der Waals surface area contributed by atoms with Gasteiger partial charge in [0.2, 0.25) is 0 Å². The molecule has 2 aromatic rings. The topological polar surface area (TPSA) is 16.1 Å². The van der Waals surface area contributed by atoms with Crippen LogP contribution in [0.2, 0.25) is 0 Å². The van der Waals surface area contributed by atoms with Gasteiger partial charge < -0.3 is 4.90 Å². The lowest BCUT2D eigenvalue weighted by molar-refractivity contribution is 1.01. The molecular formula is C16H18N2. The molecule has 0 fully saturated rings. The third kappa shape index (κ3) is 1.38. The van der Waals surface area contributed by atoms with Crippen molar-refractivity contribution in [2.45, 2.75) is 20.8 Å². The first kappa shape index (κ1) is 11.3. The predicted octanol–water partition coefficient (Wildman–Crippen LogP) is 3.62. The average molecular weight is 238 g/mol. The molecule has 2 nitrogen and oxygen atoms in total. The summed E-state index contributed by atoms with van der Waals surface area (Å²) in [5.41, 5.74) is 7.78. The van der Waals surface area contributed by atoms with E-state index in [0.29, 0.717) is 0 Å². The van der Waals surface area contributed by atoms with Crippen molar-refractivity contribution >= 4 is 22.7 Å². The summed E-state index contributed by atoms with van der Waals surface area (Å²) < 4.78 is 0. The van der Waals surface area contributed by atoms with Crippen LogP contribution in [0.5, 0.6) is 0 Å². The van der Waals surface area contributed by atoms with Gasteiger partial charge in [-0.05, 0) is 43.5 Å². The Morgan fingerprint density at radius 1 is 1.17 bits per heavy atom. The number of aryl methyl sites for hydroxylation is 2. The zero-order valence-corrected chi connectivity index (χ0v) is 11.4. The van der Waals surface area contributed by atoms with Gasteiger partial charge in [0.25, 0.3) is 0 Å². The second kappa shape index (κ2) is 3.84. The maximum atomic E-state index is 4.61. The van der Waals surface area contributed by atoms with Crippen LogP contribution in [-0.4, -0.2) is 18.6 Å². The highest BCUT2D eigenvalue weighted by molar-refractivity contribution is 5.99. The average Bonchev–Trinajstić information content (AvgIpc) is 2.35. The van der Waals surface area contributed by atoms with E-state index in [-0.39, 0.29) is 0 Å². The van der Waals surface area contributed by atoms with E-state index in [0.717, 1.165) is 12.1 Å². The van der Waals surface area contributed by atoms with Gasteiger partial charge in [0.1, 0.15) is 0 Å². The van der Waals surface area contributed by atoms with Crippen LogP contribution in [0.25, 0.3) is 17.0 Å². The van der Waals surface area contributed by atoms with Crippen molar-refractivity contribution < 1.29 is 0 Å². The number of likely N-dealkylation sites (N-methyl/N-ethyl adjacent to an activating group) is 1. The molecular weight excluding hydrogens is 220 g/mol. The zero-order valence-electron chi connectivity index (χ0n) is 11.4. The van der Waals surface area contributed by atoms with E-state index < -0.39 is 0 Å². The van der Waals surface area contributed by atoms with Crippen molar-refractivity contribution in [3.8, 4) is 0 Å². The van der Waals surface area contributed by atoms with Crippen LogP contribution in [-0.2, 0) is 0 Å². The maximum absolute atomic E-state index is 4.61. The lowest BCUT2D eigenvalue weighted by Gasteiger charge is -2.28. The second-order valence-electron chi connectivity index (χ2n) is 5.15. The molecule has 1 aliphatic heterocycles. The number of nitrogens with zero attached hydrogens (tertiary/aromatic N) is 2. The fourth-order valence-electron chi connectivity index (χ4n) is 2.98. The van der Waals surface area contributed by atoms with Crippen LogP contribution in [0, 0.1) is 20.8 Å². The van der Waals surface area contributed by atoms with Gasteiger partial charge in [0.05, 0.1) is 5.52 Å². The third-order valence-corrected chi connectivity index (χ3v) is 4.01. The van der Waals surface area contributed by atoms with Crippen molar-refractivity contribution in [3.63, 3.8) is 0 Å². The van der Waals surface area contributed by atoms with Crippen molar-refractivity contribution in [2.24, 2.45) is 0 Å². The largest absolute Gasteiger partial charge is 0.370 e. The quantitative estimate of drug-likeness (QED) is 0.697. The zero-order chi connectivity index (χ0) is 12.9. The monoisotopic (exact) mass is 238 g/mol. The van der Waals surface area contributed by atoms with Gasteiger partial charge in [-0.1, -0.05) is 12.2 Å². The number of anilines is 1. The Hall–Kier alpha value is -1.83. The molecule has 2 heterocycles. The first-order valence-electron chi connectivity index (χ1n) is 6.37. The Bertz CT molecular complexity index is 669. The van der Waals surface area contributed by atoms with E-state index in [1.54, 1.807) is 0 Å². The molecule has 0 unspecified atom stereocenters. The summed E-state index contributed by atoms with van der Waals surface area (Å²) in [4.78, 5) is 6.92. The molecule has 0 N–H and O–H groups in total. The smallest absolute Gasteiger partial charge is 0.0800 e. The summed E-state index contributed by atoms with van der Waals surface area (Å²) in [6.45, 7) is 7.57. The maximum Gasteiger partial charge on any atom is 0.0800 e. The molecule has 0 atom stereocenters. The van der Waals surface area contributed by atoms with Gasteiger partial charge in [-0.25, -0.2) is 0 Å². The molecule has 0 amide bonds. The van der Waals surface area contributed by atoms with E-state index in [4.69, 9.17) is 0 Å². The van der Waals surface area contributed by atoms with Crippen molar-refractivity contribution in [1.82, 2.24) is 4.98 Å². The minimum atomic E-state index is 0.977. The van der Waals surface area contributed by atoms with Gasteiger partial charge in [-0.2, -0.15) is 0 Å². The molecule has 0 saturated heterocycles. The van der Waals surface area contributed by atoms with Gasteiger partial charge in [0.15, 0.2) is 0 Å².